The molecule has 48 valence electrons. The first-order chi connectivity index (χ1) is 4.30. The molecule has 9 heavy (non-hydrogen) atoms. The van der Waals surface area contributed by atoms with E-state index in [2.05, 4.69) is 15.9 Å². The molecule has 0 aromatic rings. The van der Waals surface area contributed by atoms with Crippen molar-refractivity contribution in [3.8, 4) is 0 Å². The van der Waals surface area contributed by atoms with E-state index in [0.717, 1.165) is 11.8 Å². The third kappa shape index (κ3) is 0.339. The predicted molar refractivity (Wildman–Crippen MR) is 36.3 cm³/mol. The van der Waals surface area contributed by atoms with Crippen LogP contribution in [0.25, 0.3) is 0 Å². The molecule has 1 nitrogen and oxygen atoms in total. The van der Waals surface area contributed by atoms with Crippen molar-refractivity contribution >= 4 is 21.7 Å². The Bertz CT molecular complexity index is 201. The van der Waals surface area contributed by atoms with E-state index in [1.54, 1.807) is 0 Å². The second kappa shape index (κ2) is 1.14. The molecule has 0 saturated heterocycles. The minimum Gasteiger partial charge on any atom is -0.299 e. The largest absolute Gasteiger partial charge is 0.299 e. The van der Waals surface area contributed by atoms with Crippen molar-refractivity contribution in [2.45, 2.75) is 11.2 Å². The Balaban J connectivity index is 2.16. The van der Waals surface area contributed by atoms with Gasteiger partial charge >= 0.3 is 0 Å². The van der Waals surface area contributed by atoms with Crippen molar-refractivity contribution in [3.05, 3.63) is 0 Å². The molecule has 4 fully saturated rings. The molecule has 4 saturated carbocycles. The summed E-state index contributed by atoms with van der Waals surface area (Å²) in [6.07, 6.45) is 1.20. The molecule has 0 heterocycles. The Morgan fingerprint density at radius 3 is 2.44 bits per heavy atom. The number of halogens is 1. The van der Waals surface area contributed by atoms with E-state index in [1.165, 1.54) is 6.42 Å². The molecular formula is C7H7BrO. The van der Waals surface area contributed by atoms with Gasteiger partial charge in [0.05, 0.1) is 0 Å². The van der Waals surface area contributed by atoms with Gasteiger partial charge in [0.1, 0.15) is 5.78 Å². The number of carbonyl (C=O) groups is 1. The van der Waals surface area contributed by atoms with Crippen LogP contribution >= 0.6 is 15.9 Å². The number of Topliss-reactive ketones (excluding diaryl/α,β-unsaturated/α-hetero) is 1. The summed E-state index contributed by atoms with van der Waals surface area (Å²) >= 11 is 3.57. The zero-order chi connectivity index (χ0) is 6.17. The smallest absolute Gasteiger partial charge is 0.140 e. The van der Waals surface area contributed by atoms with E-state index in [0.29, 0.717) is 22.4 Å². The summed E-state index contributed by atoms with van der Waals surface area (Å²) in [5, 5.41) is 0. The summed E-state index contributed by atoms with van der Waals surface area (Å²) in [4.78, 5) is 11.7. The van der Waals surface area contributed by atoms with E-state index in [9.17, 15) is 4.79 Å². The summed E-state index contributed by atoms with van der Waals surface area (Å²) in [6.45, 7) is 0. The molecule has 4 aliphatic rings. The molecule has 4 bridgehead atoms. The minimum absolute atomic E-state index is 0.421. The minimum atomic E-state index is 0.421. The summed E-state index contributed by atoms with van der Waals surface area (Å²) in [5.74, 6) is 3.07. The molecule has 0 N–H and O–H groups in total. The lowest BCUT2D eigenvalue weighted by Gasteiger charge is -2.01. The van der Waals surface area contributed by atoms with Crippen LogP contribution in [0.3, 0.4) is 0 Å². The zero-order valence-corrected chi connectivity index (χ0v) is 6.47. The molecular weight excluding hydrogens is 180 g/mol. The molecule has 4 rings (SSSR count). The van der Waals surface area contributed by atoms with Gasteiger partial charge in [0.15, 0.2) is 0 Å². The standard InChI is InChI=1S/C7H7BrO/c8-6-3-1-2-4(6)5(2)7(3)9/h2-6H,1H2/t2-,3+,4?,5?,6-/m0/s1. The molecule has 0 aliphatic heterocycles. The molecule has 2 heteroatoms. The monoisotopic (exact) mass is 186 g/mol. The zero-order valence-electron chi connectivity index (χ0n) is 4.88. The first-order valence-corrected chi connectivity index (χ1v) is 4.40. The highest BCUT2D eigenvalue weighted by molar-refractivity contribution is 9.09. The number of ketones is 1. The molecule has 4 aliphatic carbocycles. The van der Waals surface area contributed by atoms with Gasteiger partial charge in [0.2, 0.25) is 0 Å². The van der Waals surface area contributed by atoms with Crippen molar-refractivity contribution in [1.29, 1.82) is 0 Å². The molecule has 0 radical (unpaired) electrons. The number of hydrogen-bond acceptors (Lipinski definition) is 1. The Morgan fingerprint density at radius 2 is 2.33 bits per heavy atom. The van der Waals surface area contributed by atoms with Gasteiger partial charge in [-0.1, -0.05) is 15.9 Å². The van der Waals surface area contributed by atoms with Crippen molar-refractivity contribution < 1.29 is 4.79 Å². The fourth-order valence-corrected chi connectivity index (χ4v) is 3.95. The molecule has 0 amide bonds. The maximum absolute atomic E-state index is 11.2. The van der Waals surface area contributed by atoms with Crippen LogP contribution in [0.15, 0.2) is 0 Å². The van der Waals surface area contributed by atoms with Crippen LogP contribution in [0.4, 0.5) is 0 Å². The van der Waals surface area contributed by atoms with E-state index >= 15 is 0 Å². The maximum atomic E-state index is 11.2. The van der Waals surface area contributed by atoms with Crippen LogP contribution in [0.1, 0.15) is 6.42 Å². The molecule has 5 atom stereocenters. The molecule has 0 spiro atoms. The van der Waals surface area contributed by atoms with Crippen molar-refractivity contribution in [3.63, 3.8) is 0 Å². The number of carbonyl (C=O) groups excluding carboxylic acids is 1. The van der Waals surface area contributed by atoms with E-state index in [-0.39, 0.29) is 0 Å². The van der Waals surface area contributed by atoms with Gasteiger partial charge < -0.3 is 0 Å². The first kappa shape index (κ1) is 4.89. The lowest BCUT2D eigenvalue weighted by molar-refractivity contribution is -0.120. The summed E-state index contributed by atoms with van der Waals surface area (Å²) < 4.78 is 0. The average Bonchev–Trinajstić information content (AvgIpc) is 2.18. The Morgan fingerprint density at radius 1 is 1.56 bits per heavy atom. The topological polar surface area (TPSA) is 17.1 Å². The first-order valence-electron chi connectivity index (χ1n) is 3.48. The predicted octanol–water partition coefficient (Wildman–Crippen LogP) is 1.21. The number of rotatable bonds is 0. The summed E-state index contributed by atoms with van der Waals surface area (Å²) in [5.41, 5.74) is 0. The Hall–Kier alpha value is 0.150. The normalized spacial score (nSPS) is 67.2. The van der Waals surface area contributed by atoms with Gasteiger partial charge in [-0.05, 0) is 18.3 Å². The number of alkyl halides is 1. The van der Waals surface area contributed by atoms with Crippen molar-refractivity contribution in [2.24, 2.45) is 23.7 Å². The van der Waals surface area contributed by atoms with E-state index in [1.807, 2.05) is 0 Å². The van der Waals surface area contributed by atoms with Gasteiger partial charge in [0.25, 0.3) is 0 Å². The van der Waals surface area contributed by atoms with Gasteiger partial charge in [-0.25, -0.2) is 0 Å². The molecule has 0 aromatic heterocycles. The fraction of sp³-hybridized carbons (Fsp3) is 0.857. The quantitative estimate of drug-likeness (QED) is 0.521. The van der Waals surface area contributed by atoms with Gasteiger partial charge in [-0.2, -0.15) is 0 Å². The van der Waals surface area contributed by atoms with Gasteiger partial charge in [0, 0.05) is 16.7 Å². The third-order valence-electron chi connectivity index (χ3n) is 3.20. The second-order valence-corrected chi connectivity index (χ2v) is 4.51. The lowest BCUT2D eigenvalue weighted by atomic mass is 10.1. The second-order valence-electron chi connectivity index (χ2n) is 3.46. The Labute approximate surface area is 61.9 Å². The maximum Gasteiger partial charge on any atom is 0.140 e. The lowest BCUT2D eigenvalue weighted by Crippen LogP contribution is -2.09. The van der Waals surface area contributed by atoms with Crippen LogP contribution in [0.2, 0.25) is 0 Å². The molecule has 2 unspecified atom stereocenters. The van der Waals surface area contributed by atoms with Crippen LogP contribution in [-0.4, -0.2) is 10.6 Å². The highest BCUT2D eigenvalue weighted by Gasteiger charge is 2.73. The van der Waals surface area contributed by atoms with Crippen LogP contribution in [-0.2, 0) is 4.79 Å². The van der Waals surface area contributed by atoms with Crippen LogP contribution in [0.5, 0.6) is 0 Å². The molecule has 0 aromatic carbocycles. The fourth-order valence-electron chi connectivity index (χ4n) is 2.75. The number of hydrogen-bond donors (Lipinski definition) is 0. The van der Waals surface area contributed by atoms with E-state index < -0.39 is 0 Å². The SMILES string of the molecule is O=C1C2C3[C@@H]2C[C@@H]1[C@@H]3Br. The van der Waals surface area contributed by atoms with Crippen molar-refractivity contribution in [2.75, 3.05) is 0 Å². The van der Waals surface area contributed by atoms with Crippen LogP contribution < -0.4 is 0 Å². The highest BCUT2D eigenvalue weighted by atomic mass is 79.9. The highest BCUT2D eigenvalue weighted by Crippen LogP contribution is 2.70. The van der Waals surface area contributed by atoms with Gasteiger partial charge in [-0.3, -0.25) is 4.79 Å². The third-order valence-corrected chi connectivity index (χ3v) is 4.45. The summed E-state index contributed by atoms with van der Waals surface area (Å²) in [6, 6.07) is 0. The van der Waals surface area contributed by atoms with Crippen LogP contribution in [0, 0.1) is 23.7 Å². The van der Waals surface area contributed by atoms with E-state index in [4.69, 9.17) is 0 Å². The average molecular weight is 187 g/mol. The van der Waals surface area contributed by atoms with Gasteiger partial charge in [-0.15, -0.1) is 0 Å². The van der Waals surface area contributed by atoms with Crippen molar-refractivity contribution in [1.82, 2.24) is 0 Å². The Kier molecular flexibility index (Phi) is 0.617. The summed E-state index contributed by atoms with van der Waals surface area (Å²) in [7, 11) is 0.